The Morgan fingerprint density at radius 2 is 2.14 bits per heavy atom. The zero-order valence-corrected chi connectivity index (χ0v) is 11.4. The summed E-state index contributed by atoms with van der Waals surface area (Å²) in [6.07, 6.45) is 3.44. The number of nitrogens with one attached hydrogen (secondary N) is 1. The van der Waals surface area contributed by atoms with Crippen molar-refractivity contribution in [1.29, 1.82) is 0 Å². The van der Waals surface area contributed by atoms with Crippen LogP contribution < -0.4 is 5.32 Å². The number of aryl methyl sites for hydroxylation is 2. The number of aromatic nitrogens is 5. The molecule has 8 nitrogen and oxygen atoms in total. The molecule has 0 saturated heterocycles. The molecule has 0 radical (unpaired) electrons. The highest BCUT2D eigenvalue weighted by Gasteiger charge is 2.12. The normalized spacial score (nSPS) is 10.6. The minimum Gasteiger partial charge on any atom is -0.338 e. The van der Waals surface area contributed by atoms with Crippen LogP contribution in [0.3, 0.4) is 0 Å². The fourth-order valence-electron chi connectivity index (χ4n) is 1.79. The van der Waals surface area contributed by atoms with Gasteiger partial charge < -0.3 is 4.52 Å². The lowest BCUT2D eigenvalue weighted by atomic mass is 10.3. The maximum Gasteiger partial charge on any atom is 0.278 e. The summed E-state index contributed by atoms with van der Waals surface area (Å²) >= 11 is 0. The zero-order valence-electron chi connectivity index (χ0n) is 11.4. The van der Waals surface area contributed by atoms with Crippen molar-refractivity contribution in [1.82, 2.24) is 24.9 Å². The van der Waals surface area contributed by atoms with E-state index < -0.39 is 5.91 Å². The lowest BCUT2D eigenvalue weighted by Gasteiger charge is -2.04. The van der Waals surface area contributed by atoms with Crippen LogP contribution in [-0.2, 0) is 0 Å². The number of carbonyl (C=O) groups is 1. The van der Waals surface area contributed by atoms with Gasteiger partial charge in [-0.05, 0) is 26.0 Å². The van der Waals surface area contributed by atoms with Crippen LogP contribution in [0.1, 0.15) is 22.0 Å². The largest absolute Gasteiger partial charge is 0.338 e. The summed E-state index contributed by atoms with van der Waals surface area (Å²) in [6, 6.07) is 4.90. The molecule has 21 heavy (non-hydrogen) atoms. The van der Waals surface area contributed by atoms with Crippen molar-refractivity contribution in [2.45, 2.75) is 13.8 Å². The number of imidazole rings is 1. The van der Waals surface area contributed by atoms with Gasteiger partial charge in [0.05, 0.1) is 5.69 Å². The Bertz CT molecular complexity index is 774. The van der Waals surface area contributed by atoms with Gasteiger partial charge in [-0.15, -0.1) is 10.2 Å². The number of amides is 1. The summed E-state index contributed by atoms with van der Waals surface area (Å²) in [5.74, 6) is 1.25. The van der Waals surface area contributed by atoms with Gasteiger partial charge in [-0.2, -0.15) is 0 Å². The molecular formula is C13H12N6O2. The second kappa shape index (κ2) is 5.16. The molecule has 0 atom stereocenters. The molecule has 1 N–H and O–H groups in total. The number of hydrogen-bond acceptors (Lipinski definition) is 6. The van der Waals surface area contributed by atoms with Crippen molar-refractivity contribution in [3.05, 3.63) is 47.8 Å². The lowest BCUT2D eigenvalue weighted by Crippen LogP contribution is -2.14. The first-order chi connectivity index (χ1) is 10.1. The average Bonchev–Trinajstić information content (AvgIpc) is 3.08. The molecule has 0 aliphatic rings. The Kier molecular flexibility index (Phi) is 3.19. The quantitative estimate of drug-likeness (QED) is 0.782. The van der Waals surface area contributed by atoms with Gasteiger partial charge in [-0.25, -0.2) is 4.98 Å². The number of anilines is 1. The van der Waals surface area contributed by atoms with Crippen molar-refractivity contribution >= 4 is 11.8 Å². The molecule has 0 aliphatic heterocycles. The highest BCUT2D eigenvalue weighted by molar-refractivity contribution is 6.01. The highest BCUT2D eigenvalue weighted by Crippen LogP contribution is 2.11. The van der Waals surface area contributed by atoms with E-state index >= 15 is 0 Å². The minimum absolute atomic E-state index is 0.186. The number of carbonyl (C=O) groups excluding carboxylic acids is 1. The number of hydrogen-bond donors (Lipinski definition) is 1. The van der Waals surface area contributed by atoms with E-state index in [2.05, 4.69) is 25.7 Å². The van der Waals surface area contributed by atoms with Gasteiger partial charge in [0.25, 0.3) is 5.91 Å². The van der Waals surface area contributed by atoms with Crippen LogP contribution in [0.4, 0.5) is 5.88 Å². The Labute approximate surface area is 119 Å². The first-order valence-corrected chi connectivity index (χ1v) is 6.22. The SMILES string of the molecule is Cc1cc(NC(=O)c2ccc(-n3ccnc3C)nn2)on1. The van der Waals surface area contributed by atoms with Gasteiger partial charge in [0.1, 0.15) is 5.82 Å². The molecule has 0 bridgehead atoms. The molecule has 3 heterocycles. The number of rotatable bonds is 3. The maximum atomic E-state index is 12.0. The third-order valence-corrected chi connectivity index (χ3v) is 2.82. The Morgan fingerprint density at radius 3 is 2.71 bits per heavy atom. The predicted octanol–water partition coefficient (Wildman–Crippen LogP) is 1.52. The maximum absolute atomic E-state index is 12.0. The monoisotopic (exact) mass is 284 g/mol. The molecule has 0 aromatic carbocycles. The van der Waals surface area contributed by atoms with Crippen LogP contribution in [0.15, 0.2) is 35.1 Å². The van der Waals surface area contributed by atoms with Crippen LogP contribution in [0.5, 0.6) is 0 Å². The standard InChI is InChI=1S/C13H12N6O2/c1-8-7-12(21-18-8)15-13(20)10-3-4-11(17-16-10)19-6-5-14-9(19)2/h3-7H,1-2H3,(H,15,20). The van der Waals surface area contributed by atoms with Crippen LogP contribution in [-0.4, -0.2) is 30.8 Å². The molecule has 3 aromatic rings. The summed E-state index contributed by atoms with van der Waals surface area (Å²) in [6.45, 7) is 3.62. The summed E-state index contributed by atoms with van der Waals surface area (Å²) in [7, 11) is 0. The number of nitrogens with zero attached hydrogens (tertiary/aromatic N) is 5. The van der Waals surface area contributed by atoms with Gasteiger partial charge in [0.15, 0.2) is 11.5 Å². The van der Waals surface area contributed by atoms with E-state index in [1.54, 1.807) is 42.1 Å². The molecule has 0 unspecified atom stereocenters. The molecule has 0 saturated carbocycles. The third-order valence-electron chi connectivity index (χ3n) is 2.82. The molecule has 106 valence electrons. The van der Waals surface area contributed by atoms with Gasteiger partial charge in [-0.3, -0.25) is 14.7 Å². The van der Waals surface area contributed by atoms with E-state index in [1.165, 1.54) is 0 Å². The zero-order chi connectivity index (χ0) is 14.8. The Hall–Kier alpha value is -3.03. The molecule has 8 heteroatoms. The van der Waals surface area contributed by atoms with Crippen LogP contribution in [0.2, 0.25) is 0 Å². The lowest BCUT2D eigenvalue weighted by molar-refractivity contribution is 0.101. The summed E-state index contributed by atoms with van der Waals surface area (Å²) in [5.41, 5.74) is 0.868. The highest BCUT2D eigenvalue weighted by atomic mass is 16.5. The molecule has 1 amide bonds. The van der Waals surface area contributed by atoms with Gasteiger partial charge in [-0.1, -0.05) is 5.16 Å². The fourth-order valence-corrected chi connectivity index (χ4v) is 1.79. The molecular weight excluding hydrogens is 272 g/mol. The smallest absolute Gasteiger partial charge is 0.278 e. The van der Waals surface area contributed by atoms with E-state index in [0.29, 0.717) is 11.5 Å². The van der Waals surface area contributed by atoms with Crippen molar-refractivity contribution in [2.24, 2.45) is 0 Å². The molecule has 3 aromatic heterocycles. The second-order valence-corrected chi connectivity index (χ2v) is 4.41. The minimum atomic E-state index is -0.410. The topological polar surface area (TPSA) is 98.7 Å². The van der Waals surface area contributed by atoms with Crippen LogP contribution in [0.25, 0.3) is 5.82 Å². The van der Waals surface area contributed by atoms with Crippen molar-refractivity contribution < 1.29 is 9.32 Å². The second-order valence-electron chi connectivity index (χ2n) is 4.41. The Balaban J connectivity index is 1.78. The van der Waals surface area contributed by atoms with Crippen molar-refractivity contribution in [2.75, 3.05) is 5.32 Å². The average molecular weight is 284 g/mol. The fraction of sp³-hybridized carbons (Fsp3) is 0.154. The summed E-state index contributed by atoms with van der Waals surface area (Å²) < 4.78 is 6.68. The summed E-state index contributed by atoms with van der Waals surface area (Å²) in [4.78, 5) is 16.1. The van der Waals surface area contributed by atoms with Crippen molar-refractivity contribution in [3.63, 3.8) is 0 Å². The first-order valence-electron chi connectivity index (χ1n) is 6.22. The predicted molar refractivity (Wildman–Crippen MR) is 73.1 cm³/mol. The van der Waals surface area contributed by atoms with E-state index in [9.17, 15) is 4.79 Å². The van der Waals surface area contributed by atoms with Gasteiger partial charge >= 0.3 is 0 Å². The molecule has 3 rings (SSSR count). The van der Waals surface area contributed by atoms with Crippen molar-refractivity contribution in [3.8, 4) is 5.82 Å². The van der Waals surface area contributed by atoms with E-state index in [0.717, 1.165) is 5.82 Å². The van der Waals surface area contributed by atoms with Gasteiger partial charge in [0.2, 0.25) is 5.88 Å². The van der Waals surface area contributed by atoms with Crippen LogP contribution >= 0.6 is 0 Å². The Morgan fingerprint density at radius 1 is 1.29 bits per heavy atom. The first kappa shape index (κ1) is 13.0. The molecule has 0 aliphatic carbocycles. The van der Waals surface area contributed by atoms with E-state index in [-0.39, 0.29) is 11.6 Å². The summed E-state index contributed by atoms with van der Waals surface area (Å²) in [5, 5.41) is 14.2. The molecule has 0 fully saturated rings. The third kappa shape index (κ3) is 2.64. The van der Waals surface area contributed by atoms with E-state index in [4.69, 9.17) is 4.52 Å². The van der Waals surface area contributed by atoms with Gasteiger partial charge in [0, 0.05) is 18.5 Å². The molecule has 0 spiro atoms. The van der Waals surface area contributed by atoms with Crippen LogP contribution in [0, 0.1) is 13.8 Å². The van der Waals surface area contributed by atoms with E-state index in [1.807, 2.05) is 6.92 Å².